The molecular weight excluding hydrogens is 241 g/mol. The zero-order valence-electron chi connectivity index (χ0n) is 8.90. The van der Waals surface area contributed by atoms with Crippen molar-refractivity contribution in [2.24, 2.45) is 5.73 Å². The third kappa shape index (κ3) is 2.40. The fourth-order valence-electron chi connectivity index (χ4n) is 1.62. The average molecular weight is 252 g/mol. The van der Waals surface area contributed by atoms with Gasteiger partial charge in [-0.15, -0.1) is 0 Å². The number of hydrogen-bond acceptors (Lipinski definition) is 2. The zero-order valence-corrected chi connectivity index (χ0v) is 9.66. The van der Waals surface area contributed by atoms with E-state index in [1.54, 1.807) is 0 Å². The minimum atomic E-state index is -0.765. The van der Waals surface area contributed by atoms with E-state index in [1.807, 2.05) is 30.3 Å². The second-order valence-electron chi connectivity index (χ2n) is 3.72. The van der Waals surface area contributed by atoms with E-state index in [4.69, 9.17) is 17.3 Å². The first-order chi connectivity index (χ1) is 8.09. The first-order valence-electron chi connectivity index (χ1n) is 5.08. The van der Waals surface area contributed by atoms with Crippen molar-refractivity contribution < 1.29 is 9.50 Å². The normalized spacial score (nSPS) is 12.4. The van der Waals surface area contributed by atoms with Crippen LogP contribution >= 0.6 is 11.6 Å². The molecule has 0 spiro atoms. The molecular formula is C13H11ClFNO. The van der Waals surface area contributed by atoms with Crippen molar-refractivity contribution in [3.63, 3.8) is 0 Å². The molecule has 2 rings (SSSR count). The number of phenols is 1. The Kier molecular flexibility index (Phi) is 3.31. The average Bonchev–Trinajstić information content (AvgIpc) is 2.35. The van der Waals surface area contributed by atoms with Gasteiger partial charge in [-0.2, -0.15) is 0 Å². The number of aromatic hydroxyl groups is 1. The molecule has 88 valence electrons. The molecule has 0 aliphatic rings. The lowest BCUT2D eigenvalue weighted by molar-refractivity contribution is 0.432. The van der Waals surface area contributed by atoms with Crippen molar-refractivity contribution in [2.45, 2.75) is 6.04 Å². The van der Waals surface area contributed by atoms with Crippen LogP contribution in [0.4, 0.5) is 4.39 Å². The summed E-state index contributed by atoms with van der Waals surface area (Å²) in [5, 5.41) is 9.20. The van der Waals surface area contributed by atoms with Crippen LogP contribution in [0, 0.1) is 5.82 Å². The molecule has 1 atom stereocenters. The molecule has 0 saturated heterocycles. The molecule has 0 radical (unpaired) electrons. The van der Waals surface area contributed by atoms with E-state index >= 15 is 0 Å². The maximum absolute atomic E-state index is 13.3. The fourth-order valence-corrected chi connectivity index (χ4v) is 1.83. The highest BCUT2D eigenvalue weighted by atomic mass is 35.5. The van der Waals surface area contributed by atoms with Gasteiger partial charge in [0.25, 0.3) is 0 Å². The molecule has 17 heavy (non-hydrogen) atoms. The van der Waals surface area contributed by atoms with Gasteiger partial charge in [-0.05, 0) is 23.3 Å². The van der Waals surface area contributed by atoms with Crippen molar-refractivity contribution in [2.75, 3.05) is 0 Å². The van der Waals surface area contributed by atoms with Crippen molar-refractivity contribution in [3.8, 4) is 5.75 Å². The lowest BCUT2D eigenvalue weighted by Gasteiger charge is -2.13. The third-order valence-corrected chi connectivity index (χ3v) is 2.85. The standard InChI is InChI=1S/C13H11ClFNO/c14-10-6-9(7-11(15)13(10)17)12(16)8-4-2-1-3-5-8/h1-7,12,17H,16H2. The molecule has 2 aromatic rings. The largest absolute Gasteiger partial charge is 0.504 e. The number of rotatable bonds is 2. The highest BCUT2D eigenvalue weighted by molar-refractivity contribution is 6.32. The number of benzene rings is 2. The smallest absolute Gasteiger partial charge is 0.170 e. The lowest BCUT2D eigenvalue weighted by atomic mass is 9.99. The Morgan fingerprint density at radius 3 is 2.35 bits per heavy atom. The molecule has 0 aromatic heterocycles. The monoisotopic (exact) mass is 251 g/mol. The summed E-state index contributed by atoms with van der Waals surface area (Å²) in [6.45, 7) is 0. The minimum absolute atomic E-state index is 0.0358. The molecule has 0 aliphatic heterocycles. The van der Waals surface area contributed by atoms with E-state index in [0.29, 0.717) is 5.56 Å². The summed E-state index contributed by atoms with van der Waals surface area (Å²) in [5.74, 6) is -1.31. The van der Waals surface area contributed by atoms with Crippen LogP contribution in [0.25, 0.3) is 0 Å². The molecule has 0 saturated carbocycles. The molecule has 2 aromatic carbocycles. The first-order valence-corrected chi connectivity index (χ1v) is 5.46. The Morgan fingerprint density at radius 2 is 1.76 bits per heavy atom. The van der Waals surface area contributed by atoms with Gasteiger partial charge in [-0.25, -0.2) is 4.39 Å². The summed E-state index contributed by atoms with van der Waals surface area (Å²) < 4.78 is 13.3. The molecule has 0 amide bonds. The summed E-state index contributed by atoms with van der Waals surface area (Å²) >= 11 is 5.71. The molecule has 1 unspecified atom stereocenters. The van der Waals surface area contributed by atoms with Crippen LogP contribution in [0.2, 0.25) is 5.02 Å². The SMILES string of the molecule is NC(c1ccccc1)c1cc(F)c(O)c(Cl)c1. The van der Waals surface area contributed by atoms with E-state index in [9.17, 15) is 9.50 Å². The first kappa shape index (κ1) is 11.9. The number of hydrogen-bond donors (Lipinski definition) is 2. The Hall–Kier alpha value is -1.58. The molecule has 0 fully saturated rings. The molecule has 3 N–H and O–H groups in total. The van der Waals surface area contributed by atoms with E-state index < -0.39 is 17.6 Å². The predicted octanol–water partition coefficient (Wildman–Crippen LogP) is 3.23. The van der Waals surface area contributed by atoms with Gasteiger partial charge in [-0.1, -0.05) is 41.9 Å². The second-order valence-corrected chi connectivity index (χ2v) is 4.13. The van der Waals surface area contributed by atoms with E-state index in [2.05, 4.69) is 0 Å². The van der Waals surface area contributed by atoms with E-state index in [1.165, 1.54) is 12.1 Å². The van der Waals surface area contributed by atoms with Gasteiger partial charge in [0.15, 0.2) is 11.6 Å². The molecule has 0 aliphatic carbocycles. The van der Waals surface area contributed by atoms with Gasteiger partial charge >= 0.3 is 0 Å². The predicted molar refractivity (Wildman–Crippen MR) is 65.5 cm³/mol. The number of phenolic OH excluding ortho intramolecular Hbond substituents is 1. The summed E-state index contributed by atoms with van der Waals surface area (Å²) in [6.07, 6.45) is 0. The van der Waals surface area contributed by atoms with Gasteiger partial charge < -0.3 is 10.8 Å². The van der Waals surface area contributed by atoms with Crippen molar-refractivity contribution in [3.05, 3.63) is 64.4 Å². The zero-order chi connectivity index (χ0) is 12.4. The Morgan fingerprint density at radius 1 is 1.12 bits per heavy atom. The molecule has 4 heteroatoms. The van der Waals surface area contributed by atoms with Gasteiger partial charge in [0.05, 0.1) is 11.1 Å². The van der Waals surface area contributed by atoms with Gasteiger partial charge in [0.2, 0.25) is 0 Å². The quantitative estimate of drug-likeness (QED) is 0.861. The number of halogens is 2. The molecule has 0 bridgehead atoms. The Labute approximate surface area is 103 Å². The molecule has 2 nitrogen and oxygen atoms in total. The van der Waals surface area contributed by atoms with Crippen LogP contribution in [-0.2, 0) is 0 Å². The van der Waals surface area contributed by atoms with Gasteiger partial charge in [-0.3, -0.25) is 0 Å². The van der Waals surface area contributed by atoms with Crippen LogP contribution in [0.15, 0.2) is 42.5 Å². The van der Waals surface area contributed by atoms with Crippen molar-refractivity contribution >= 4 is 11.6 Å². The van der Waals surface area contributed by atoms with Crippen LogP contribution in [0.3, 0.4) is 0 Å². The summed E-state index contributed by atoms with van der Waals surface area (Å²) in [4.78, 5) is 0. The summed E-state index contributed by atoms with van der Waals surface area (Å²) in [5.41, 5.74) is 7.38. The van der Waals surface area contributed by atoms with Gasteiger partial charge in [0.1, 0.15) is 0 Å². The van der Waals surface area contributed by atoms with Crippen LogP contribution < -0.4 is 5.73 Å². The van der Waals surface area contributed by atoms with E-state index in [0.717, 1.165) is 5.56 Å². The number of nitrogens with two attached hydrogens (primary N) is 1. The minimum Gasteiger partial charge on any atom is -0.504 e. The Bertz CT molecular complexity index is 507. The highest BCUT2D eigenvalue weighted by Crippen LogP contribution is 2.31. The molecule has 0 heterocycles. The van der Waals surface area contributed by atoms with E-state index in [-0.39, 0.29) is 5.02 Å². The second kappa shape index (κ2) is 4.73. The Balaban J connectivity index is 2.41. The topological polar surface area (TPSA) is 46.2 Å². The van der Waals surface area contributed by atoms with Crippen molar-refractivity contribution in [1.29, 1.82) is 0 Å². The fraction of sp³-hybridized carbons (Fsp3) is 0.0769. The maximum Gasteiger partial charge on any atom is 0.170 e. The maximum atomic E-state index is 13.3. The lowest BCUT2D eigenvalue weighted by Crippen LogP contribution is -2.11. The summed E-state index contributed by atoms with van der Waals surface area (Å²) in [6, 6.07) is 11.5. The van der Waals surface area contributed by atoms with Crippen molar-refractivity contribution in [1.82, 2.24) is 0 Å². The van der Waals surface area contributed by atoms with Gasteiger partial charge in [0, 0.05) is 0 Å². The summed E-state index contributed by atoms with van der Waals surface area (Å²) in [7, 11) is 0. The van der Waals surface area contributed by atoms with Crippen LogP contribution in [0.5, 0.6) is 5.75 Å². The van der Waals surface area contributed by atoms with Crippen LogP contribution in [0.1, 0.15) is 17.2 Å². The van der Waals surface area contributed by atoms with Crippen LogP contribution in [-0.4, -0.2) is 5.11 Å². The third-order valence-electron chi connectivity index (χ3n) is 2.56. The highest BCUT2D eigenvalue weighted by Gasteiger charge is 2.14.